The number of nitrogens with zero attached hydrogens (tertiary/aromatic N) is 6. The third-order valence-electron chi connectivity index (χ3n) is 5.41. The van der Waals surface area contributed by atoms with Crippen molar-refractivity contribution in [3.63, 3.8) is 0 Å². The molecule has 162 valence electrons. The van der Waals surface area contributed by atoms with E-state index in [0.717, 1.165) is 11.3 Å². The van der Waals surface area contributed by atoms with Crippen LogP contribution >= 0.6 is 0 Å². The molecule has 0 bridgehead atoms. The summed E-state index contributed by atoms with van der Waals surface area (Å²) >= 11 is 0. The first-order chi connectivity index (χ1) is 15.0. The van der Waals surface area contributed by atoms with Gasteiger partial charge in [0.25, 0.3) is 0 Å². The molecule has 0 atom stereocenters. The minimum atomic E-state index is -0.0960. The Labute approximate surface area is 180 Å². The molecule has 10 heteroatoms. The van der Waals surface area contributed by atoms with Crippen molar-refractivity contribution in [3.8, 4) is 22.8 Å². The Hall–Kier alpha value is -3.40. The second kappa shape index (κ2) is 9.17. The van der Waals surface area contributed by atoms with Crippen molar-refractivity contribution < 1.29 is 9.53 Å². The SMILES string of the molecule is COC1CCCC1.Cc1nc(-c2ncn[nH]2)ccc1-c1cnc2c(n1)N(C)CC(=O)N2. The maximum atomic E-state index is 11.6. The summed E-state index contributed by atoms with van der Waals surface area (Å²) in [5, 5.41) is 9.35. The van der Waals surface area contributed by atoms with Gasteiger partial charge in [0.2, 0.25) is 5.91 Å². The molecule has 0 radical (unpaired) electrons. The zero-order valence-electron chi connectivity index (χ0n) is 17.9. The fourth-order valence-corrected chi connectivity index (χ4v) is 3.74. The van der Waals surface area contributed by atoms with Crippen molar-refractivity contribution in [3.05, 3.63) is 30.4 Å². The molecule has 1 aliphatic heterocycles. The van der Waals surface area contributed by atoms with Crippen molar-refractivity contribution in [2.45, 2.75) is 38.7 Å². The number of aryl methyl sites for hydroxylation is 1. The average Bonchev–Trinajstić information content (AvgIpc) is 3.48. The maximum absolute atomic E-state index is 11.6. The van der Waals surface area contributed by atoms with Crippen molar-refractivity contribution in [2.24, 2.45) is 0 Å². The number of rotatable bonds is 3. The van der Waals surface area contributed by atoms with Gasteiger partial charge in [-0.2, -0.15) is 5.10 Å². The summed E-state index contributed by atoms with van der Waals surface area (Å²) in [6.07, 6.45) is 9.00. The molecule has 5 rings (SSSR count). The monoisotopic (exact) mass is 422 g/mol. The van der Waals surface area contributed by atoms with Crippen LogP contribution in [0.1, 0.15) is 31.4 Å². The number of H-pyrrole nitrogens is 1. The van der Waals surface area contributed by atoms with E-state index in [9.17, 15) is 4.79 Å². The number of aromatic nitrogens is 6. The molecule has 0 unspecified atom stereocenters. The number of methoxy groups -OCH3 is 1. The summed E-state index contributed by atoms with van der Waals surface area (Å²) in [5.74, 6) is 1.64. The number of anilines is 2. The van der Waals surface area contributed by atoms with E-state index in [2.05, 4.69) is 35.5 Å². The van der Waals surface area contributed by atoms with Crippen LogP contribution in [-0.2, 0) is 9.53 Å². The molecule has 4 heterocycles. The number of pyridine rings is 1. The third-order valence-corrected chi connectivity index (χ3v) is 5.41. The van der Waals surface area contributed by atoms with Gasteiger partial charge in [0.05, 0.1) is 24.5 Å². The van der Waals surface area contributed by atoms with Gasteiger partial charge in [0, 0.05) is 25.4 Å². The molecule has 3 aromatic heterocycles. The Morgan fingerprint density at radius 2 is 1.94 bits per heavy atom. The van der Waals surface area contributed by atoms with E-state index in [1.165, 1.54) is 32.0 Å². The molecule has 2 N–H and O–H groups in total. The number of ether oxygens (including phenoxy) is 1. The second-order valence-electron chi connectivity index (χ2n) is 7.64. The highest BCUT2D eigenvalue weighted by Crippen LogP contribution is 2.29. The van der Waals surface area contributed by atoms with Crippen molar-refractivity contribution in [1.82, 2.24) is 30.1 Å². The minimum Gasteiger partial charge on any atom is -0.381 e. The normalized spacial score (nSPS) is 15.8. The van der Waals surface area contributed by atoms with Gasteiger partial charge in [0.1, 0.15) is 12.0 Å². The maximum Gasteiger partial charge on any atom is 0.245 e. The number of aromatic amines is 1. The zero-order chi connectivity index (χ0) is 21.8. The van der Waals surface area contributed by atoms with Gasteiger partial charge in [-0.15, -0.1) is 0 Å². The first-order valence-corrected chi connectivity index (χ1v) is 10.3. The average molecular weight is 422 g/mol. The summed E-state index contributed by atoms with van der Waals surface area (Å²) in [4.78, 5) is 30.9. The van der Waals surface area contributed by atoms with Gasteiger partial charge in [-0.05, 0) is 31.9 Å². The standard InChI is InChI=1S/C15H14N8O.C6H12O/c1-8-9(3-4-10(19-8)13-17-7-18-22-13)11-5-16-14-15(20-11)23(2)6-12(24)21-14;1-7-6-4-2-3-5-6/h3-5,7H,6H2,1-2H3,(H,16,21,24)(H,17,18,22);6H,2-5H2,1H3. The number of carbonyl (C=O) groups is 1. The van der Waals surface area contributed by atoms with Gasteiger partial charge in [-0.25, -0.2) is 19.9 Å². The molecule has 0 saturated heterocycles. The van der Waals surface area contributed by atoms with Crippen molar-refractivity contribution in [2.75, 3.05) is 30.9 Å². The Balaban J connectivity index is 0.000000282. The predicted molar refractivity (Wildman–Crippen MR) is 117 cm³/mol. The highest BCUT2D eigenvalue weighted by molar-refractivity contribution is 5.99. The highest BCUT2D eigenvalue weighted by Gasteiger charge is 2.22. The fraction of sp³-hybridized carbons (Fsp3) is 0.429. The minimum absolute atomic E-state index is 0.0960. The smallest absolute Gasteiger partial charge is 0.245 e. The molecule has 1 saturated carbocycles. The van der Waals surface area contributed by atoms with Crippen LogP contribution in [0.4, 0.5) is 11.6 Å². The molecular formula is C21H26N8O2. The Kier molecular flexibility index (Phi) is 6.17. The van der Waals surface area contributed by atoms with Crippen LogP contribution in [-0.4, -0.2) is 62.8 Å². The van der Waals surface area contributed by atoms with E-state index in [-0.39, 0.29) is 12.5 Å². The number of fused-ring (bicyclic) bond motifs is 1. The quantitative estimate of drug-likeness (QED) is 0.660. The lowest BCUT2D eigenvalue weighted by Crippen LogP contribution is -2.36. The van der Waals surface area contributed by atoms with Gasteiger partial charge in [0.15, 0.2) is 17.5 Å². The first-order valence-electron chi connectivity index (χ1n) is 10.3. The second-order valence-corrected chi connectivity index (χ2v) is 7.64. The van der Waals surface area contributed by atoms with Gasteiger partial charge < -0.3 is 15.0 Å². The summed E-state index contributed by atoms with van der Waals surface area (Å²) < 4.78 is 5.11. The largest absolute Gasteiger partial charge is 0.381 e. The van der Waals surface area contributed by atoms with Gasteiger partial charge in [-0.3, -0.25) is 9.89 Å². The van der Waals surface area contributed by atoms with Crippen LogP contribution in [0, 0.1) is 6.92 Å². The zero-order valence-corrected chi connectivity index (χ0v) is 17.9. The molecule has 1 aliphatic carbocycles. The lowest BCUT2D eigenvalue weighted by molar-refractivity contribution is -0.115. The number of amides is 1. The highest BCUT2D eigenvalue weighted by atomic mass is 16.5. The van der Waals surface area contributed by atoms with Crippen LogP contribution in [0.5, 0.6) is 0 Å². The number of likely N-dealkylation sites (N-methyl/N-ethyl adjacent to an activating group) is 1. The lowest BCUT2D eigenvalue weighted by atomic mass is 10.1. The fourth-order valence-electron chi connectivity index (χ4n) is 3.74. The predicted octanol–water partition coefficient (Wildman–Crippen LogP) is 2.60. The van der Waals surface area contributed by atoms with E-state index < -0.39 is 0 Å². The Bertz CT molecular complexity index is 1050. The number of hydrogen-bond acceptors (Lipinski definition) is 8. The van der Waals surface area contributed by atoms with Crippen LogP contribution in [0.2, 0.25) is 0 Å². The summed E-state index contributed by atoms with van der Waals surface area (Å²) in [6.45, 7) is 2.16. The van der Waals surface area contributed by atoms with Gasteiger partial charge >= 0.3 is 0 Å². The Morgan fingerprint density at radius 3 is 2.58 bits per heavy atom. The summed E-state index contributed by atoms with van der Waals surface area (Å²) in [7, 11) is 3.62. The third kappa shape index (κ3) is 4.69. The van der Waals surface area contributed by atoms with Crippen molar-refractivity contribution >= 4 is 17.5 Å². The summed E-state index contributed by atoms with van der Waals surface area (Å²) in [6, 6.07) is 3.79. The molecule has 1 amide bonds. The number of nitrogens with one attached hydrogen (secondary N) is 2. The topological polar surface area (TPSA) is 122 Å². The van der Waals surface area contributed by atoms with E-state index in [0.29, 0.717) is 35.0 Å². The Morgan fingerprint density at radius 1 is 1.13 bits per heavy atom. The van der Waals surface area contributed by atoms with E-state index in [1.807, 2.05) is 26.1 Å². The molecule has 1 fully saturated rings. The molecule has 10 nitrogen and oxygen atoms in total. The lowest BCUT2D eigenvalue weighted by Gasteiger charge is -2.25. The number of carbonyl (C=O) groups excluding carboxylic acids is 1. The van der Waals surface area contributed by atoms with Crippen LogP contribution in [0.3, 0.4) is 0 Å². The number of hydrogen-bond donors (Lipinski definition) is 2. The van der Waals surface area contributed by atoms with Crippen LogP contribution < -0.4 is 10.2 Å². The van der Waals surface area contributed by atoms with Gasteiger partial charge in [-0.1, -0.05) is 12.8 Å². The first kappa shape index (κ1) is 20.9. The van der Waals surface area contributed by atoms with Crippen LogP contribution in [0.25, 0.3) is 22.8 Å². The van der Waals surface area contributed by atoms with E-state index >= 15 is 0 Å². The molecule has 31 heavy (non-hydrogen) atoms. The molecular weight excluding hydrogens is 396 g/mol. The van der Waals surface area contributed by atoms with E-state index in [4.69, 9.17) is 4.74 Å². The van der Waals surface area contributed by atoms with Crippen molar-refractivity contribution in [1.29, 1.82) is 0 Å². The molecule has 2 aliphatic rings. The van der Waals surface area contributed by atoms with E-state index in [1.54, 1.807) is 18.2 Å². The molecule has 3 aromatic rings. The molecule has 0 spiro atoms. The van der Waals surface area contributed by atoms with Crippen LogP contribution in [0.15, 0.2) is 24.7 Å². The molecule has 0 aromatic carbocycles. The summed E-state index contributed by atoms with van der Waals surface area (Å²) in [5.41, 5.74) is 3.09.